The first-order valence-corrected chi connectivity index (χ1v) is 11.0. The molecular formula is C26H44N2O2. The number of rotatable bonds is 8. The Hall–Kier alpha value is -1.91. The van der Waals surface area contributed by atoms with Crippen LogP contribution < -0.4 is 11.5 Å². The van der Waals surface area contributed by atoms with Crippen LogP contribution in [0.1, 0.15) is 74.1 Å². The maximum Gasteiger partial charge on any atom is 0.320 e. The molecule has 0 saturated carbocycles. The maximum atomic E-state index is 10.2. The number of hydrogen-bond acceptors (Lipinski definition) is 3. The third-order valence-corrected chi connectivity index (χ3v) is 5.76. The number of carboxylic acids is 1. The van der Waals surface area contributed by atoms with E-state index in [-0.39, 0.29) is 5.92 Å². The Kier molecular flexibility index (Phi) is 13.3. The lowest BCUT2D eigenvalue weighted by Gasteiger charge is -2.32. The minimum Gasteiger partial charge on any atom is -0.480 e. The van der Waals surface area contributed by atoms with Crippen LogP contribution in [0.3, 0.4) is 0 Å². The molecule has 0 radical (unpaired) electrons. The number of hydrogen-bond donors (Lipinski definition) is 3. The average molecular weight is 417 g/mol. The zero-order valence-electron chi connectivity index (χ0n) is 20.2. The second kappa shape index (κ2) is 14.2. The Morgan fingerprint density at radius 1 is 1.23 bits per heavy atom. The van der Waals surface area contributed by atoms with Crippen molar-refractivity contribution in [2.24, 2.45) is 22.8 Å². The molecule has 0 bridgehead atoms. The van der Waals surface area contributed by atoms with E-state index in [2.05, 4.69) is 65.0 Å². The van der Waals surface area contributed by atoms with E-state index in [1.54, 1.807) is 5.57 Å². The second-order valence-electron chi connectivity index (χ2n) is 8.97. The molecule has 1 aliphatic carbocycles. The molecule has 1 aliphatic rings. The molecule has 0 unspecified atom stereocenters. The zero-order valence-corrected chi connectivity index (χ0v) is 20.2. The number of nitrogens with two attached hydrogens (primary N) is 2. The van der Waals surface area contributed by atoms with Gasteiger partial charge in [0.2, 0.25) is 0 Å². The molecule has 0 spiro atoms. The van der Waals surface area contributed by atoms with Gasteiger partial charge in [-0.1, -0.05) is 87.3 Å². The summed E-state index contributed by atoms with van der Waals surface area (Å²) in [4.78, 5) is 10.2. The first kappa shape index (κ1) is 28.1. The van der Waals surface area contributed by atoms with E-state index in [1.165, 1.54) is 36.0 Å². The van der Waals surface area contributed by atoms with Crippen molar-refractivity contribution in [1.82, 2.24) is 0 Å². The maximum absolute atomic E-state index is 10.2. The monoisotopic (exact) mass is 416 g/mol. The van der Waals surface area contributed by atoms with E-state index in [9.17, 15) is 4.79 Å². The van der Waals surface area contributed by atoms with Crippen molar-refractivity contribution in [3.63, 3.8) is 0 Å². The Labute approximate surface area is 184 Å². The van der Waals surface area contributed by atoms with Gasteiger partial charge in [0, 0.05) is 6.54 Å². The van der Waals surface area contributed by atoms with Crippen molar-refractivity contribution in [3.8, 4) is 0 Å². The van der Waals surface area contributed by atoms with Crippen LogP contribution in [0.25, 0.3) is 0 Å². The molecule has 170 valence electrons. The fraction of sp³-hybridized carbons (Fsp3) is 0.577. The molecule has 4 nitrogen and oxygen atoms in total. The molecular weight excluding hydrogens is 372 g/mol. The molecule has 30 heavy (non-hydrogen) atoms. The predicted molar refractivity (Wildman–Crippen MR) is 130 cm³/mol. The van der Waals surface area contributed by atoms with Gasteiger partial charge in [-0.25, -0.2) is 0 Å². The third kappa shape index (κ3) is 10.7. The Morgan fingerprint density at radius 3 is 2.33 bits per heavy atom. The number of aliphatic carboxylic acids is 1. The summed E-state index contributed by atoms with van der Waals surface area (Å²) in [5.41, 5.74) is 16.6. The van der Waals surface area contributed by atoms with Crippen LogP contribution in [0.5, 0.6) is 0 Å². The lowest BCUT2D eigenvalue weighted by atomic mass is 9.72. The van der Waals surface area contributed by atoms with Crippen molar-refractivity contribution < 1.29 is 9.90 Å². The van der Waals surface area contributed by atoms with Gasteiger partial charge < -0.3 is 16.6 Å². The van der Waals surface area contributed by atoms with E-state index >= 15 is 0 Å². The number of carboxylic acid groups (broad SMARTS) is 1. The smallest absolute Gasteiger partial charge is 0.320 e. The van der Waals surface area contributed by atoms with Crippen molar-refractivity contribution in [3.05, 3.63) is 58.7 Å². The SMILES string of the molecule is CC(C=CC1=C(C)CCCC1(C)C)=CC=CC(C)=CCN.CC[C@H](C)[C@H](N)C(=O)O. The summed E-state index contributed by atoms with van der Waals surface area (Å²) in [6.07, 6.45) is 17.6. The molecule has 0 fully saturated rings. The van der Waals surface area contributed by atoms with Crippen molar-refractivity contribution >= 4 is 5.97 Å². The fourth-order valence-electron chi connectivity index (χ4n) is 3.38. The van der Waals surface area contributed by atoms with Crippen molar-refractivity contribution in [2.45, 2.75) is 80.2 Å². The molecule has 0 aromatic heterocycles. The highest BCUT2D eigenvalue weighted by molar-refractivity contribution is 5.73. The minimum atomic E-state index is -0.913. The highest BCUT2D eigenvalue weighted by atomic mass is 16.4. The molecule has 0 aliphatic heterocycles. The van der Waals surface area contributed by atoms with Gasteiger partial charge in [0.05, 0.1) is 0 Å². The number of carbonyl (C=O) groups is 1. The van der Waals surface area contributed by atoms with Crippen LogP contribution in [0, 0.1) is 11.3 Å². The average Bonchev–Trinajstić information content (AvgIpc) is 2.66. The summed E-state index contributed by atoms with van der Waals surface area (Å²) in [6.45, 7) is 15.6. The summed E-state index contributed by atoms with van der Waals surface area (Å²) in [6, 6.07) is -0.699. The van der Waals surface area contributed by atoms with Gasteiger partial charge in [-0.05, 0) is 56.9 Å². The van der Waals surface area contributed by atoms with E-state index in [0.717, 1.165) is 6.42 Å². The van der Waals surface area contributed by atoms with Gasteiger partial charge in [0.1, 0.15) is 6.04 Å². The Balaban J connectivity index is 0.000000787. The quantitative estimate of drug-likeness (QED) is 0.428. The lowest BCUT2D eigenvalue weighted by molar-refractivity contribution is -0.139. The van der Waals surface area contributed by atoms with E-state index in [0.29, 0.717) is 12.0 Å². The van der Waals surface area contributed by atoms with Gasteiger partial charge in [-0.15, -0.1) is 0 Å². The normalized spacial score (nSPS) is 19.6. The van der Waals surface area contributed by atoms with Crippen LogP contribution in [-0.4, -0.2) is 23.7 Å². The standard InChI is InChI=1S/C20H31N.C6H13NO2/c1-16(8-6-9-17(2)13-15-21)11-12-19-18(3)10-7-14-20(19,4)5;1-3-4(2)5(7)6(8)9/h6,8-9,11-13H,7,10,14-15,21H2,1-5H3;4-5H,3,7H2,1-2H3,(H,8,9)/t;4-,5-/m.0/s1. The van der Waals surface area contributed by atoms with Gasteiger partial charge >= 0.3 is 5.97 Å². The first-order valence-electron chi connectivity index (χ1n) is 11.0. The molecule has 0 aromatic carbocycles. The molecule has 2 atom stereocenters. The minimum absolute atomic E-state index is 0.0718. The summed E-state index contributed by atoms with van der Waals surface area (Å²) in [5.74, 6) is -0.841. The molecule has 5 N–H and O–H groups in total. The Morgan fingerprint density at radius 2 is 1.87 bits per heavy atom. The van der Waals surface area contributed by atoms with Crippen LogP contribution in [-0.2, 0) is 4.79 Å². The van der Waals surface area contributed by atoms with Crippen molar-refractivity contribution in [1.29, 1.82) is 0 Å². The summed E-state index contributed by atoms with van der Waals surface area (Å²) < 4.78 is 0. The second-order valence-corrected chi connectivity index (χ2v) is 8.97. The largest absolute Gasteiger partial charge is 0.480 e. The topological polar surface area (TPSA) is 89.3 Å². The molecule has 0 aromatic rings. The Bertz CT molecular complexity index is 694. The lowest BCUT2D eigenvalue weighted by Crippen LogP contribution is -2.36. The highest BCUT2D eigenvalue weighted by Crippen LogP contribution is 2.40. The fourth-order valence-corrected chi connectivity index (χ4v) is 3.38. The predicted octanol–water partition coefficient (Wildman–Crippen LogP) is 5.92. The number of allylic oxidation sites excluding steroid dienone is 9. The molecule has 0 saturated heterocycles. The van der Waals surface area contributed by atoms with Gasteiger partial charge in [-0.3, -0.25) is 4.79 Å². The molecule has 4 heteroatoms. The molecule has 1 rings (SSSR count). The van der Waals surface area contributed by atoms with E-state index in [1.807, 2.05) is 19.9 Å². The van der Waals surface area contributed by atoms with Crippen LogP contribution in [0.15, 0.2) is 58.7 Å². The van der Waals surface area contributed by atoms with Crippen LogP contribution in [0.4, 0.5) is 0 Å². The van der Waals surface area contributed by atoms with Crippen LogP contribution in [0.2, 0.25) is 0 Å². The molecule has 0 heterocycles. The van der Waals surface area contributed by atoms with Crippen molar-refractivity contribution in [2.75, 3.05) is 6.54 Å². The third-order valence-electron chi connectivity index (χ3n) is 5.76. The van der Waals surface area contributed by atoms with Gasteiger partial charge in [0.15, 0.2) is 0 Å². The highest BCUT2D eigenvalue weighted by Gasteiger charge is 2.26. The zero-order chi connectivity index (χ0) is 23.3. The van der Waals surface area contributed by atoms with E-state index in [4.69, 9.17) is 16.6 Å². The van der Waals surface area contributed by atoms with E-state index < -0.39 is 12.0 Å². The summed E-state index contributed by atoms with van der Waals surface area (Å²) in [5, 5.41) is 8.36. The molecule has 0 amide bonds. The summed E-state index contributed by atoms with van der Waals surface area (Å²) in [7, 11) is 0. The van der Waals surface area contributed by atoms with Gasteiger partial charge in [0.25, 0.3) is 0 Å². The van der Waals surface area contributed by atoms with Gasteiger partial charge in [-0.2, -0.15) is 0 Å². The summed E-state index contributed by atoms with van der Waals surface area (Å²) >= 11 is 0. The van der Waals surface area contributed by atoms with Crippen LogP contribution >= 0.6 is 0 Å². The first-order chi connectivity index (χ1) is 14.0.